The van der Waals surface area contributed by atoms with Gasteiger partial charge in [0.05, 0.1) is 5.56 Å². The summed E-state index contributed by atoms with van der Waals surface area (Å²) in [6.45, 7) is 6.50. The van der Waals surface area contributed by atoms with Crippen LogP contribution in [-0.4, -0.2) is 16.7 Å². The summed E-state index contributed by atoms with van der Waals surface area (Å²) in [5, 5.41) is 0. The first-order valence-corrected chi connectivity index (χ1v) is 7.54. The minimum absolute atomic E-state index is 0.987. The molecule has 96 valence electrons. The molecule has 0 fully saturated rings. The topological polar surface area (TPSA) is 3.01 Å². The second-order valence-corrected chi connectivity index (χ2v) is 6.17. The van der Waals surface area contributed by atoms with Gasteiger partial charge in [-0.05, 0) is 43.5 Å². The van der Waals surface area contributed by atoms with Crippen molar-refractivity contribution >= 4 is 23.7 Å². The molecule has 2 heteroatoms. The first-order chi connectivity index (χ1) is 9.13. The average Bonchev–Trinajstić information content (AvgIpc) is 2.37. The van der Waals surface area contributed by atoms with E-state index in [0.717, 1.165) is 5.88 Å². The van der Waals surface area contributed by atoms with Crippen LogP contribution in [0.15, 0.2) is 41.3 Å². The number of aryl methyl sites for hydroxylation is 3. The summed E-state index contributed by atoms with van der Waals surface area (Å²) in [7, 11) is 0. The number of benzene rings is 2. The third kappa shape index (κ3) is 2.45. The number of hydrogen-bond acceptors (Lipinski definition) is 1. The Morgan fingerprint density at radius 3 is 2.47 bits per heavy atom. The highest BCUT2D eigenvalue weighted by atomic mass is 32.2. The van der Waals surface area contributed by atoms with Gasteiger partial charge in [-0.1, -0.05) is 30.0 Å². The van der Waals surface area contributed by atoms with Gasteiger partial charge in [-0.2, -0.15) is 4.58 Å². The van der Waals surface area contributed by atoms with Crippen LogP contribution in [0.5, 0.6) is 0 Å². The van der Waals surface area contributed by atoms with Crippen molar-refractivity contribution in [1.82, 2.24) is 0 Å². The van der Waals surface area contributed by atoms with E-state index in [9.17, 15) is 0 Å². The quantitative estimate of drug-likeness (QED) is 0.691. The van der Waals surface area contributed by atoms with E-state index < -0.39 is 0 Å². The zero-order valence-corrected chi connectivity index (χ0v) is 12.4. The predicted molar refractivity (Wildman–Crippen MR) is 82.9 cm³/mol. The van der Waals surface area contributed by atoms with Gasteiger partial charge in [0.25, 0.3) is 0 Å². The molecule has 0 aliphatic carbocycles. The maximum Gasteiger partial charge on any atom is 0.206 e. The van der Waals surface area contributed by atoms with Crippen molar-refractivity contribution in [3.63, 3.8) is 0 Å². The molecular formula is C17H18NS+. The Kier molecular flexibility index (Phi) is 3.19. The van der Waals surface area contributed by atoms with Gasteiger partial charge < -0.3 is 0 Å². The normalized spacial score (nSPS) is 13.9. The van der Waals surface area contributed by atoms with Gasteiger partial charge in [0.2, 0.25) is 5.69 Å². The lowest BCUT2D eigenvalue weighted by Crippen LogP contribution is -2.13. The summed E-state index contributed by atoms with van der Waals surface area (Å²) in [4.78, 5) is 1.42. The van der Waals surface area contributed by atoms with Crippen molar-refractivity contribution in [3.05, 3.63) is 58.7 Å². The molecule has 1 aliphatic heterocycles. The zero-order valence-electron chi connectivity index (χ0n) is 11.6. The fraction of sp³-hybridized carbons (Fsp3) is 0.235. The summed E-state index contributed by atoms with van der Waals surface area (Å²) in [5.41, 5.74) is 6.64. The van der Waals surface area contributed by atoms with Crippen LogP contribution in [0.2, 0.25) is 0 Å². The van der Waals surface area contributed by atoms with E-state index in [-0.39, 0.29) is 0 Å². The molecule has 0 amide bonds. The van der Waals surface area contributed by atoms with Crippen LogP contribution >= 0.6 is 11.8 Å². The van der Waals surface area contributed by atoms with E-state index in [0.29, 0.717) is 0 Å². The molecule has 1 aliphatic rings. The molecule has 3 rings (SSSR count). The van der Waals surface area contributed by atoms with Crippen LogP contribution in [-0.2, 0) is 0 Å². The van der Waals surface area contributed by atoms with Gasteiger partial charge in [0.15, 0.2) is 12.1 Å². The van der Waals surface area contributed by atoms with Crippen molar-refractivity contribution in [2.45, 2.75) is 25.7 Å². The van der Waals surface area contributed by atoms with Crippen molar-refractivity contribution in [2.24, 2.45) is 0 Å². The number of fused-ring (bicyclic) bond motifs is 1. The van der Waals surface area contributed by atoms with Gasteiger partial charge in [-0.25, -0.2) is 0 Å². The van der Waals surface area contributed by atoms with Gasteiger partial charge in [-0.15, -0.1) is 0 Å². The molecule has 0 spiro atoms. The second kappa shape index (κ2) is 4.86. The SMILES string of the molecule is Cc1cc(C)cc([N+]2=Cc3cccc(C)c3SC2)c1. The molecule has 19 heavy (non-hydrogen) atoms. The highest BCUT2D eigenvalue weighted by Gasteiger charge is 2.19. The fourth-order valence-electron chi connectivity index (χ4n) is 2.58. The molecule has 1 nitrogen and oxygen atoms in total. The van der Waals surface area contributed by atoms with Crippen LogP contribution < -0.4 is 0 Å². The highest BCUT2D eigenvalue weighted by molar-refractivity contribution is 7.99. The third-order valence-corrected chi connectivity index (χ3v) is 4.68. The lowest BCUT2D eigenvalue weighted by Gasteiger charge is -2.14. The lowest BCUT2D eigenvalue weighted by molar-refractivity contribution is -0.411. The van der Waals surface area contributed by atoms with Gasteiger partial charge >= 0.3 is 0 Å². The van der Waals surface area contributed by atoms with Crippen LogP contribution in [0, 0.1) is 20.8 Å². The van der Waals surface area contributed by atoms with Gasteiger partial charge in [-0.3, -0.25) is 0 Å². The largest absolute Gasteiger partial charge is 0.206 e. The standard InChI is InChI=1S/C17H18NS/c1-12-7-13(2)9-16(8-12)18-10-15-6-4-5-14(3)17(15)19-11-18/h4-10H,11H2,1-3H3/q+1. The van der Waals surface area contributed by atoms with Crippen molar-refractivity contribution < 1.29 is 4.58 Å². The summed E-state index contributed by atoms with van der Waals surface area (Å²) in [6.07, 6.45) is 2.27. The third-order valence-electron chi connectivity index (χ3n) is 3.42. The highest BCUT2D eigenvalue weighted by Crippen LogP contribution is 2.31. The number of rotatable bonds is 1. The Bertz CT molecular complexity index is 651. The number of hydrogen-bond donors (Lipinski definition) is 0. The maximum atomic E-state index is 2.34. The molecule has 0 atom stereocenters. The monoisotopic (exact) mass is 268 g/mol. The van der Waals surface area contributed by atoms with Crippen molar-refractivity contribution in [2.75, 3.05) is 5.88 Å². The molecule has 0 radical (unpaired) electrons. The van der Waals surface area contributed by atoms with Gasteiger partial charge in [0.1, 0.15) is 0 Å². The molecular weight excluding hydrogens is 250 g/mol. The van der Waals surface area contributed by atoms with Crippen molar-refractivity contribution in [1.29, 1.82) is 0 Å². The average molecular weight is 268 g/mol. The molecule has 0 bridgehead atoms. The Morgan fingerprint density at radius 2 is 1.74 bits per heavy atom. The Morgan fingerprint density at radius 1 is 1.00 bits per heavy atom. The Hall–Kier alpha value is -1.54. The summed E-state index contributed by atoms with van der Waals surface area (Å²) >= 11 is 1.92. The number of nitrogens with zero attached hydrogens (tertiary/aromatic N) is 1. The summed E-state index contributed by atoms with van der Waals surface area (Å²) < 4.78 is 2.34. The van der Waals surface area contributed by atoms with Crippen LogP contribution in [0.3, 0.4) is 0 Å². The molecule has 1 heterocycles. The zero-order chi connectivity index (χ0) is 13.4. The molecule has 2 aromatic rings. The molecule has 0 aromatic heterocycles. The minimum atomic E-state index is 0.987. The number of thioether (sulfide) groups is 1. The van der Waals surface area contributed by atoms with E-state index in [4.69, 9.17) is 0 Å². The lowest BCUT2D eigenvalue weighted by atomic mass is 10.1. The summed E-state index contributed by atoms with van der Waals surface area (Å²) in [6, 6.07) is 13.3. The van der Waals surface area contributed by atoms with E-state index in [1.165, 1.54) is 32.8 Å². The second-order valence-electron chi connectivity index (χ2n) is 5.21. The Balaban J connectivity index is 2.08. The van der Waals surface area contributed by atoms with Crippen LogP contribution in [0.4, 0.5) is 5.69 Å². The first kappa shape index (κ1) is 12.5. The Labute approximate surface area is 119 Å². The van der Waals surface area contributed by atoms with E-state index >= 15 is 0 Å². The maximum absolute atomic E-state index is 2.34. The summed E-state index contributed by atoms with van der Waals surface area (Å²) in [5.74, 6) is 0.987. The predicted octanol–water partition coefficient (Wildman–Crippen LogP) is 4.44. The molecule has 0 N–H and O–H groups in total. The van der Waals surface area contributed by atoms with Crippen molar-refractivity contribution in [3.8, 4) is 0 Å². The van der Waals surface area contributed by atoms with E-state index in [2.05, 4.69) is 68.0 Å². The van der Waals surface area contributed by atoms with E-state index in [1.54, 1.807) is 0 Å². The molecule has 0 unspecified atom stereocenters. The van der Waals surface area contributed by atoms with Gasteiger partial charge in [0, 0.05) is 17.0 Å². The van der Waals surface area contributed by atoms with Crippen LogP contribution in [0.25, 0.3) is 0 Å². The molecule has 0 saturated carbocycles. The van der Waals surface area contributed by atoms with E-state index in [1.807, 2.05) is 11.8 Å². The van der Waals surface area contributed by atoms with Crippen LogP contribution in [0.1, 0.15) is 22.3 Å². The molecule has 0 saturated heterocycles. The fourth-order valence-corrected chi connectivity index (χ4v) is 3.65. The smallest absolute Gasteiger partial charge is 0.188 e. The molecule has 2 aromatic carbocycles. The first-order valence-electron chi connectivity index (χ1n) is 6.56. The minimum Gasteiger partial charge on any atom is -0.188 e.